The third-order valence-corrected chi connectivity index (χ3v) is 5.42. The normalized spacial score (nSPS) is 12.4. The zero-order chi connectivity index (χ0) is 21.3. The molecule has 9 nitrogen and oxygen atoms in total. The maximum absolute atomic E-state index is 12.5. The second-order valence-electron chi connectivity index (χ2n) is 7.16. The van der Waals surface area contributed by atoms with E-state index in [9.17, 15) is 4.79 Å². The molecule has 3 heterocycles. The molecule has 0 radical (unpaired) electrons. The number of amides is 1. The van der Waals surface area contributed by atoms with Gasteiger partial charge in [-0.2, -0.15) is 9.61 Å². The van der Waals surface area contributed by atoms with Gasteiger partial charge in [0.1, 0.15) is 6.04 Å². The van der Waals surface area contributed by atoms with Crippen LogP contribution in [0, 0.1) is 0 Å². The van der Waals surface area contributed by atoms with E-state index in [2.05, 4.69) is 43.7 Å². The summed E-state index contributed by atoms with van der Waals surface area (Å²) in [5.41, 5.74) is 2.21. The first-order valence-electron chi connectivity index (χ1n) is 9.86. The Bertz CT molecular complexity index is 1210. The molecule has 4 aromatic rings. The Balaban J connectivity index is 1.78. The van der Waals surface area contributed by atoms with Crippen LogP contribution in [0.2, 0.25) is 0 Å². The Kier molecular flexibility index (Phi) is 5.67. The Morgan fingerprint density at radius 3 is 2.87 bits per heavy atom. The Morgan fingerprint density at radius 2 is 2.13 bits per heavy atom. The van der Waals surface area contributed by atoms with Gasteiger partial charge in [-0.1, -0.05) is 19.4 Å². The first kappa shape index (κ1) is 20.3. The molecule has 0 aliphatic heterocycles. The molecule has 1 atom stereocenters. The topological polar surface area (TPSA) is 102 Å². The highest BCUT2D eigenvalue weighted by molar-refractivity contribution is 9.10. The molecule has 1 aromatic carbocycles. The SMILES string of the molecule is CCCCNC(=O)[C@@H](C)Nc1nc2c(Br)cccc2c2nc(-c3cnn(C)c3)nn12. The van der Waals surface area contributed by atoms with Crippen molar-refractivity contribution in [3.8, 4) is 11.4 Å². The largest absolute Gasteiger partial charge is 0.354 e. The minimum Gasteiger partial charge on any atom is -0.354 e. The molecule has 1 amide bonds. The lowest BCUT2D eigenvalue weighted by Crippen LogP contribution is -2.38. The van der Waals surface area contributed by atoms with Crippen LogP contribution < -0.4 is 10.6 Å². The Morgan fingerprint density at radius 1 is 1.30 bits per heavy atom. The van der Waals surface area contributed by atoms with Gasteiger partial charge in [-0.3, -0.25) is 9.48 Å². The number of anilines is 1. The molecule has 3 aromatic heterocycles. The number of benzene rings is 1. The van der Waals surface area contributed by atoms with Crippen molar-refractivity contribution in [3.63, 3.8) is 0 Å². The van der Waals surface area contributed by atoms with Crippen molar-refractivity contribution >= 4 is 44.3 Å². The standard InChI is InChI=1S/C20H23BrN8O/c1-4-5-9-22-19(30)12(2)24-20-25-16-14(7-6-8-15(16)21)18-26-17(27-29(18)20)13-10-23-28(3)11-13/h6-8,10-12H,4-5,9H2,1-3H3,(H,22,30)(H,24,25)/t12-/m1/s1. The number of fused-ring (bicyclic) bond motifs is 3. The van der Waals surface area contributed by atoms with E-state index in [1.165, 1.54) is 0 Å². The fourth-order valence-electron chi connectivity index (χ4n) is 3.15. The fourth-order valence-corrected chi connectivity index (χ4v) is 3.60. The van der Waals surface area contributed by atoms with E-state index < -0.39 is 6.04 Å². The maximum atomic E-state index is 12.5. The lowest BCUT2D eigenvalue weighted by molar-refractivity contribution is -0.121. The molecule has 0 spiro atoms. The number of para-hydroxylation sites is 1. The van der Waals surface area contributed by atoms with Crippen molar-refractivity contribution in [1.29, 1.82) is 0 Å². The lowest BCUT2D eigenvalue weighted by atomic mass is 10.2. The number of rotatable bonds is 7. The van der Waals surface area contributed by atoms with Gasteiger partial charge in [0, 0.05) is 29.6 Å². The minimum atomic E-state index is -0.483. The molecule has 4 rings (SSSR count). The molecule has 0 unspecified atom stereocenters. The van der Waals surface area contributed by atoms with E-state index in [1.54, 1.807) is 22.3 Å². The molecule has 0 saturated heterocycles. The number of nitrogens with one attached hydrogen (secondary N) is 2. The van der Waals surface area contributed by atoms with Crippen LogP contribution in [0.25, 0.3) is 27.9 Å². The van der Waals surface area contributed by atoms with Crippen molar-refractivity contribution in [2.75, 3.05) is 11.9 Å². The average molecular weight is 471 g/mol. The highest BCUT2D eigenvalue weighted by Crippen LogP contribution is 2.28. The quantitative estimate of drug-likeness (QED) is 0.402. The molecule has 10 heteroatoms. The van der Waals surface area contributed by atoms with Gasteiger partial charge in [-0.25, -0.2) is 9.97 Å². The van der Waals surface area contributed by atoms with E-state index in [-0.39, 0.29) is 5.91 Å². The monoisotopic (exact) mass is 470 g/mol. The van der Waals surface area contributed by atoms with Crippen LogP contribution in [-0.2, 0) is 11.8 Å². The van der Waals surface area contributed by atoms with Crippen LogP contribution in [-0.4, -0.2) is 47.9 Å². The summed E-state index contributed by atoms with van der Waals surface area (Å²) in [5.74, 6) is 0.906. The summed E-state index contributed by atoms with van der Waals surface area (Å²) < 4.78 is 4.19. The Labute approximate surface area is 182 Å². The zero-order valence-electron chi connectivity index (χ0n) is 17.1. The third-order valence-electron chi connectivity index (χ3n) is 4.78. The second kappa shape index (κ2) is 8.39. The van der Waals surface area contributed by atoms with Crippen molar-refractivity contribution in [1.82, 2.24) is 34.7 Å². The van der Waals surface area contributed by atoms with Crippen molar-refractivity contribution in [3.05, 3.63) is 35.1 Å². The van der Waals surface area contributed by atoms with E-state index in [0.29, 0.717) is 24.0 Å². The number of aryl methyl sites for hydroxylation is 1. The molecular formula is C20H23BrN8O. The van der Waals surface area contributed by atoms with Gasteiger partial charge in [-0.15, -0.1) is 5.10 Å². The van der Waals surface area contributed by atoms with Crippen LogP contribution in [0.1, 0.15) is 26.7 Å². The van der Waals surface area contributed by atoms with Crippen LogP contribution in [0.4, 0.5) is 5.95 Å². The summed E-state index contributed by atoms with van der Waals surface area (Å²) in [6.45, 7) is 4.55. The fraction of sp³-hybridized carbons (Fsp3) is 0.350. The maximum Gasteiger partial charge on any atom is 0.242 e. The second-order valence-corrected chi connectivity index (χ2v) is 8.01. The van der Waals surface area contributed by atoms with Crippen LogP contribution in [0.5, 0.6) is 0 Å². The van der Waals surface area contributed by atoms with Gasteiger partial charge in [0.05, 0.1) is 17.3 Å². The van der Waals surface area contributed by atoms with Gasteiger partial charge >= 0.3 is 0 Å². The first-order chi connectivity index (χ1) is 14.5. The van der Waals surface area contributed by atoms with Crippen molar-refractivity contribution in [2.45, 2.75) is 32.7 Å². The smallest absolute Gasteiger partial charge is 0.242 e. The van der Waals surface area contributed by atoms with Gasteiger partial charge in [0.25, 0.3) is 0 Å². The number of nitrogens with zero attached hydrogens (tertiary/aromatic N) is 6. The number of hydrogen-bond acceptors (Lipinski definition) is 6. The van der Waals surface area contributed by atoms with E-state index >= 15 is 0 Å². The summed E-state index contributed by atoms with van der Waals surface area (Å²) in [4.78, 5) is 21.9. The zero-order valence-corrected chi connectivity index (χ0v) is 18.6. The van der Waals surface area contributed by atoms with Gasteiger partial charge < -0.3 is 10.6 Å². The molecule has 0 aliphatic carbocycles. The highest BCUT2D eigenvalue weighted by Gasteiger charge is 2.20. The van der Waals surface area contributed by atoms with Crippen LogP contribution in [0.3, 0.4) is 0 Å². The first-order valence-corrected chi connectivity index (χ1v) is 10.7. The number of halogens is 1. The molecule has 30 heavy (non-hydrogen) atoms. The average Bonchev–Trinajstić information content (AvgIpc) is 3.35. The number of carbonyl (C=O) groups is 1. The van der Waals surface area contributed by atoms with Gasteiger partial charge in [0.15, 0.2) is 11.5 Å². The number of aromatic nitrogens is 6. The van der Waals surface area contributed by atoms with E-state index in [1.807, 2.05) is 31.4 Å². The molecule has 156 valence electrons. The summed E-state index contributed by atoms with van der Waals surface area (Å²) >= 11 is 3.57. The third kappa shape index (κ3) is 3.87. The van der Waals surface area contributed by atoms with Crippen molar-refractivity contribution in [2.24, 2.45) is 7.05 Å². The summed E-state index contributed by atoms with van der Waals surface area (Å²) in [5, 5.41) is 15.8. The summed E-state index contributed by atoms with van der Waals surface area (Å²) in [6, 6.07) is 5.33. The summed E-state index contributed by atoms with van der Waals surface area (Å²) in [6.07, 6.45) is 5.55. The van der Waals surface area contributed by atoms with Crippen LogP contribution in [0.15, 0.2) is 35.1 Å². The van der Waals surface area contributed by atoms with Gasteiger partial charge in [0.2, 0.25) is 11.9 Å². The minimum absolute atomic E-state index is 0.0850. The lowest BCUT2D eigenvalue weighted by Gasteiger charge is -2.15. The predicted octanol–water partition coefficient (Wildman–Crippen LogP) is 3.16. The summed E-state index contributed by atoms with van der Waals surface area (Å²) in [7, 11) is 1.85. The Hall–Kier alpha value is -3.01. The highest BCUT2D eigenvalue weighted by atomic mass is 79.9. The molecule has 2 N–H and O–H groups in total. The molecular weight excluding hydrogens is 448 g/mol. The van der Waals surface area contributed by atoms with Gasteiger partial charge in [-0.05, 0) is 41.4 Å². The molecule has 0 saturated carbocycles. The van der Waals surface area contributed by atoms with E-state index in [4.69, 9.17) is 9.97 Å². The van der Waals surface area contributed by atoms with Crippen LogP contribution >= 0.6 is 15.9 Å². The number of unbranched alkanes of at least 4 members (excludes halogenated alkanes) is 1. The van der Waals surface area contributed by atoms with E-state index in [0.717, 1.165) is 33.8 Å². The van der Waals surface area contributed by atoms with Crippen molar-refractivity contribution < 1.29 is 4.79 Å². The number of carbonyl (C=O) groups excluding carboxylic acids is 1. The number of hydrogen-bond donors (Lipinski definition) is 2. The molecule has 0 bridgehead atoms. The molecule has 0 aliphatic rings. The molecule has 0 fully saturated rings. The predicted molar refractivity (Wildman–Crippen MR) is 119 cm³/mol.